The Morgan fingerprint density at radius 3 is 2.70 bits per heavy atom. The van der Waals surface area contributed by atoms with E-state index in [1.54, 1.807) is 24.5 Å². The number of nitrogens with two attached hydrogens (primary N) is 1. The van der Waals surface area contributed by atoms with E-state index in [-0.39, 0.29) is 0 Å². The molecule has 0 fully saturated rings. The van der Waals surface area contributed by atoms with E-state index in [1.165, 1.54) is 0 Å². The van der Waals surface area contributed by atoms with Gasteiger partial charge in [-0.2, -0.15) is 0 Å². The highest BCUT2D eigenvalue weighted by Crippen LogP contribution is 2.38. The maximum absolute atomic E-state index is 6.28. The Morgan fingerprint density at radius 2 is 1.95 bits per heavy atom. The van der Waals surface area contributed by atoms with E-state index in [1.807, 2.05) is 17.6 Å². The summed E-state index contributed by atoms with van der Waals surface area (Å²) in [6.07, 6.45) is 3.46. The monoisotopic (exact) mass is 306 g/mol. The quantitative estimate of drug-likeness (QED) is 0.728. The first-order chi connectivity index (χ1) is 9.63. The molecule has 0 spiro atoms. The zero-order chi connectivity index (χ0) is 14.3. The van der Waals surface area contributed by atoms with Gasteiger partial charge in [-0.25, -0.2) is 4.98 Å². The van der Waals surface area contributed by atoms with Crippen LogP contribution < -0.4 is 5.73 Å². The summed E-state index contributed by atoms with van der Waals surface area (Å²) in [6.45, 7) is 2.79. The maximum atomic E-state index is 6.28. The number of fused-ring (bicyclic) bond motifs is 1. The summed E-state index contributed by atoms with van der Waals surface area (Å²) in [6, 6.07) is 5.33. The van der Waals surface area contributed by atoms with Gasteiger partial charge in [0.15, 0.2) is 0 Å². The van der Waals surface area contributed by atoms with Crippen LogP contribution in [0.25, 0.3) is 22.4 Å². The van der Waals surface area contributed by atoms with Gasteiger partial charge in [0.25, 0.3) is 0 Å². The first-order valence-corrected chi connectivity index (χ1v) is 6.93. The van der Waals surface area contributed by atoms with Crippen molar-refractivity contribution < 1.29 is 0 Å². The number of rotatable bonds is 2. The first kappa shape index (κ1) is 13.2. The number of anilines is 1. The summed E-state index contributed by atoms with van der Waals surface area (Å²) >= 11 is 12.4. The average Bonchev–Trinajstić information content (AvgIpc) is 2.81. The fourth-order valence-electron chi connectivity index (χ4n) is 2.29. The molecular formula is C14H12Cl2N4. The normalized spacial score (nSPS) is 11.2. The zero-order valence-electron chi connectivity index (χ0n) is 10.8. The van der Waals surface area contributed by atoms with Gasteiger partial charge in [-0.05, 0) is 25.1 Å². The molecule has 102 valence electrons. The van der Waals surface area contributed by atoms with Crippen LogP contribution in [0.2, 0.25) is 10.0 Å². The minimum Gasteiger partial charge on any atom is -0.397 e. The Balaban J connectivity index is 2.38. The number of imidazole rings is 1. The molecule has 0 atom stereocenters. The van der Waals surface area contributed by atoms with E-state index in [9.17, 15) is 0 Å². The van der Waals surface area contributed by atoms with Crippen LogP contribution >= 0.6 is 23.2 Å². The molecule has 20 heavy (non-hydrogen) atoms. The summed E-state index contributed by atoms with van der Waals surface area (Å²) in [7, 11) is 0. The van der Waals surface area contributed by atoms with Gasteiger partial charge in [-0.15, -0.1) is 0 Å². The molecule has 0 bridgehead atoms. The molecule has 0 aliphatic heterocycles. The van der Waals surface area contributed by atoms with Gasteiger partial charge < -0.3 is 10.3 Å². The van der Waals surface area contributed by atoms with Gasteiger partial charge >= 0.3 is 0 Å². The lowest BCUT2D eigenvalue weighted by molar-refractivity contribution is 0.796. The lowest BCUT2D eigenvalue weighted by atomic mass is 10.1. The van der Waals surface area contributed by atoms with Gasteiger partial charge in [0, 0.05) is 12.7 Å². The predicted molar refractivity (Wildman–Crippen MR) is 83.1 cm³/mol. The molecule has 2 heterocycles. The Hall–Kier alpha value is -1.78. The number of aromatic nitrogens is 3. The van der Waals surface area contributed by atoms with Crippen molar-refractivity contribution in [3.63, 3.8) is 0 Å². The van der Waals surface area contributed by atoms with Crippen LogP contribution in [0.4, 0.5) is 5.69 Å². The van der Waals surface area contributed by atoms with Crippen LogP contribution in [0.15, 0.2) is 30.6 Å². The number of hydrogen-bond donors (Lipinski definition) is 1. The van der Waals surface area contributed by atoms with E-state index in [0.717, 1.165) is 17.6 Å². The molecule has 6 heteroatoms. The topological polar surface area (TPSA) is 56.7 Å². The summed E-state index contributed by atoms with van der Waals surface area (Å²) in [4.78, 5) is 8.69. The molecule has 2 aromatic heterocycles. The fourth-order valence-corrected chi connectivity index (χ4v) is 2.69. The van der Waals surface area contributed by atoms with Gasteiger partial charge in [0.1, 0.15) is 11.3 Å². The highest BCUT2D eigenvalue weighted by Gasteiger charge is 2.18. The molecule has 0 saturated carbocycles. The number of nitrogens with zero attached hydrogens (tertiary/aromatic N) is 3. The highest BCUT2D eigenvalue weighted by atomic mass is 35.5. The largest absolute Gasteiger partial charge is 0.397 e. The Kier molecular flexibility index (Phi) is 3.28. The van der Waals surface area contributed by atoms with E-state index in [0.29, 0.717) is 27.1 Å². The summed E-state index contributed by atoms with van der Waals surface area (Å²) < 4.78 is 2.05. The van der Waals surface area contributed by atoms with Crippen molar-refractivity contribution in [2.45, 2.75) is 13.5 Å². The van der Waals surface area contributed by atoms with Crippen molar-refractivity contribution in [2.75, 3.05) is 5.73 Å². The molecule has 0 aliphatic carbocycles. The Morgan fingerprint density at radius 1 is 1.20 bits per heavy atom. The van der Waals surface area contributed by atoms with Gasteiger partial charge in [-0.3, -0.25) is 4.98 Å². The van der Waals surface area contributed by atoms with Crippen LogP contribution in [0.3, 0.4) is 0 Å². The number of halogens is 2. The van der Waals surface area contributed by atoms with E-state index < -0.39 is 0 Å². The second-order valence-corrected chi connectivity index (χ2v) is 5.18. The molecule has 0 unspecified atom stereocenters. The van der Waals surface area contributed by atoms with Gasteiger partial charge in [-0.1, -0.05) is 23.2 Å². The number of benzene rings is 1. The zero-order valence-corrected chi connectivity index (χ0v) is 12.3. The van der Waals surface area contributed by atoms with Crippen molar-refractivity contribution >= 4 is 39.9 Å². The number of aryl methyl sites for hydroxylation is 1. The van der Waals surface area contributed by atoms with Crippen molar-refractivity contribution in [3.8, 4) is 11.4 Å². The Bertz CT molecular complexity index is 795. The molecule has 0 aliphatic rings. The molecule has 1 aromatic carbocycles. The molecule has 4 nitrogen and oxygen atoms in total. The van der Waals surface area contributed by atoms with Crippen molar-refractivity contribution in [3.05, 3.63) is 40.6 Å². The van der Waals surface area contributed by atoms with Crippen LogP contribution in [0.5, 0.6) is 0 Å². The van der Waals surface area contributed by atoms with Crippen LogP contribution in [0.1, 0.15) is 6.92 Å². The third kappa shape index (κ3) is 1.92. The molecular weight excluding hydrogens is 295 g/mol. The smallest absolute Gasteiger partial charge is 0.144 e. The molecule has 3 rings (SSSR count). The van der Waals surface area contributed by atoms with Crippen LogP contribution in [-0.2, 0) is 6.54 Å². The second kappa shape index (κ2) is 4.96. The number of hydrogen-bond acceptors (Lipinski definition) is 3. The van der Waals surface area contributed by atoms with E-state index in [2.05, 4.69) is 9.97 Å². The minimum atomic E-state index is 0.442. The summed E-state index contributed by atoms with van der Waals surface area (Å²) in [5.41, 5.74) is 8.98. The van der Waals surface area contributed by atoms with Gasteiger partial charge in [0.05, 0.1) is 33.0 Å². The minimum absolute atomic E-state index is 0.442. The van der Waals surface area contributed by atoms with Crippen molar-refractivity contribution in [2.24, 2.45) is 0 Å². The average molecular weight is 307 g/mol. The van der Waals surface area contributed by atoms with E-state index >= 15 is 0 Å². The predicted octanol–water partition coefficient (Wildman–Crippen LogP) is 4.01. The molecule has 0 amide bonds. The third-order valence-corrected chi connectivity index (χ3v) is 3.88. The van der Waals surface area contributed by atoms with Crippen molar-refractivity contribution in [1.29, 1.82) is 0 Å². The second-order valence-electron chi connectivity index (χ2n) is 4.36. The first-order valence-electron chi connectivity index (χ1n) is 6.17. The fraction of sp³-hybridized carbons (Fsp3) is 0.143. The van der Waals surface area contributed by atoms with Crippen LogP contribution in [-0.4, -0.2) is 14.5 Å². The number of nitrogen functional groups attached to an aromatic ring is 1. The SMILES string of the molecule is CCn1c(-c2c(Cl)ccc(Cl)c2N)nc2cnccc21. The maximum Gasteiger partial charge on any atom is 0.144 e. The Labute approximate surface area is 126 Å². The highest BCUT2D eigenvalue weighted by molar-refractivity contribution is 6.37. The molecule has 0 saturated heterocycles. The summed E-state index contributed by atoms with van der Waals surface area (Å²) in [5, 5.41) is 1.00. The standard InChI is InChI=1S/C14H12Cl2N4/c1-2-20-11-5-6-18-7-10(11)19-14(20)12-8(15)3-4-9(16)13(12)17/h3-7H,2,17H2,1H3. The lowest BCUT2D eigenvalue weighted by Gasteiger charge is -2.11. The molecule has 3 aromatic rings. The summed E-state index contributed by atoms with van der Waals surface area (Å²) in [5.74, 6) is 0.709. The third-order valence-electron chi connectivity index (χ3n) is 3.23. The van der Waals surface area contributed by atoms with Crippen LogP contribution in [0, 0.1) is 0 Å². The molecule has 2 N–H and O–H groups in total. The van der Waals surface area contributed by atoms with E-state index in [4.69, 9.17) is 28.9 Å². The molecule has 0 radical (unpaired) electrons. The number of pyridine rings is 1. The van der Waals surface area contributed by atoms with Crippen molar-refractivity contribution in [1.82, 2.24) is 14.5 Å². The lowest BCUT2D eigenvalue weighted by Crippen LogP contribution is -2.01. The van der Waals surface area contributed by atoms with Gasteiger partial charge in [0.2, 0.25) is 0 Å².